The van der Waals surface area contributed by atoms with Crippen molar-refractivity contribution in [3.63, 3.8) is 0 Å². The molecule has 0 saturated heterocycles. The van der Waals surface area contributed by atoms with Crippen LogP contribution in [0.15, 0.2) is 68.8 Å². The Morgan fingerprint density at radius 2 is 2.00 bits per heavy atom. The zero-order valence-corrected chi connectivity index (χ0v) is 17.6. The average Bonchev–Trinajstić information content (AvgIpc) is 3.41. The highest BCUT2D eigenvalue weighted by Crippen LogP contribution is 2.31. The molecular weight excluding hydrogens is 408 g/mol. The Hall–Kier alpha value is -2.42. The number of furan rings is 1. The van der Waals surface area contributed by atoms with Gasteiger partial charge in [0.1, 0.15) is 16.0 Å². The van der Waals surface area contributed by atoms with E-state index in [4.69, 9.17) is 4.42 Å². The molecule has 1 aromatic carbocycles. The first-order chi connectivity index (χ1) is 13.9. The molecule has 1 unspecified atom stereocenters. The van der Waals surface area contributed by atoms with Crippen molar-refractivity contribution in [1.29, 1.82) is 0 Å². The van der Waals surface area contributed by atoms with Gasteiger partial charge in [0.15, 0.2) is 0 Å². The van der Waals surface area contributed by atoms with Crippen LogP contribution in [0.3, 0.4) is 0 Å². The highest BCUT2D eigenvalue weighted by molar-refractivity contribution is 7.91. The Bertz CT molecular complexity index is 1080. The smallest absolute Gasteiger partial charge is 0.253 e. The standard InChI is InChI=1S/C21H22N2O4S2/c1-15(12-18-8-4-10-27-18)22-21(24)19-13-16-6-2-3-7-17(16)14-23(19)29(25,26)20-9-5-11-28-20/h2-11,15,19H,12-14H2,1H3,(H,22,24)/t15?,19-/m0/s1. The molecule has 152 valence electrons. The predicted molar refractivity (Wildman–Crippen MR) is 111 cm³/mol. The van der Waals surface area contributed by atoms with Crippen LogP contribution in [0.5, 0.6) is 0 Å². The van der Waals surface area contributed by atoms with E-state index < -0.39 is 16.1 Å². The fraction of sp³-hybridized carbons (Fsp3) is 0.286. The second kappa shape index (κ2) is 8.14. The molecule has 0 fully saturated rings. The maximum absolute atomic E-state index is 13.3. The van der Waals surface area contributed by atoms with Gasteiger partial charge in [0.05, 0.1) is 6.26 Å². The Balaban J connectivity index is 1.60. The highest BCUT2D eigenvalue weighted by Gasteiger charge is 2.40. The Morgan fingerprint density at radius 3 is 2.69 bits per heavy atom. The van der Waals surface area contributed by atoms with Crippen molar-refractivity contribution >= 4 is 27.3 Å². The van der Waals surface area contributed by atoms with Crippen molar-refractivity contribution in [2.75, 3.05) is 0 Å². The Labute approximate surface area is 174 Å². The molecule has 0 saturated carbocycles. The van der Waals surface area contributed by atoms with Crippen molar-refractivity contribution in [1.82, 2.24) is 9.62 Å². The normalized spacial score (nSPS) is 18.2. The first-order valence-corrected chi connectivity index (χ1v) is 11.7. The molecular formula is C21H22N2O4S2. The minimum atomic E-state index is -3.77. The topological polar surface area (TPSA) is 79.6 Å². The number of hydrogen-bond donors (Lipinski definition) is 1. The van der Waals surface area contributed by atoms with E-state index in [0.717, 1.165) is 28.2 Å². The summed E-state index contributed by atoms with van der Waals surface area (Å²) >= 11 is 1.16. The largest absolute Gasteiger partial charge is 0.469 e. The van der Waals surface area contributed by atoms with Crippen molar-refractivity contribution in [2.45, 2.75) is 42.6 Å². The first kappa shape index (κ1) is 19.9. The molecule has 0 bridgehead atoms. The van der Waals surface area contributed by atoms with Gasteiger partial charge in [-0.3, -0.25) is 4.79 Å². The molecule has 4 rings (SSSR count). The number of carbonyl (C=O) groups excluding carboxylic acids is 1. The van der Waals surface area contributed by atoms with Crippen LogP contribution in [0.2, 0.25) is 0 Å². The summed E-state index contributed by atoms with van der Waals surface area (Å²) in [5.74, 6) is 0.480. The number of benzene rings is 1. The molecule has 2 atom stereocenters. The van der Waals surface area contributed by atoms with Crippen molar-refractivity contribution < 1.29 is 17.6 Å². The number of nitrogens with one attached hydrogen (secondary N) is 1. The lowest BCUT2D eigenvalue weighted by Crippen LogP contribution is -2.54. The lowest BCUT2D eigenvalue weighted by Gasteiger charge is -2.35. The summed E-state index contributed by atoms with van der Waals surface area (Å²) in [6.07, 6.45) is 2.48. The summed E-state index contributed by atoms with van der Waals surface area (Å²) in [5.41, 5.74) is 1.93. The summed E-state index contributed by atoms with van der Waals surface area (Å²) in [4.78, 5) is 13.1. The third-order valence-corrected chi connectivity index (χ3v) is 8.27. The van der Waals surface area contributed by atoms with Gasteiger partial charge in [0.25, 0.3) is 10.0 Å². The van der Waals surface area contributed by atoms with E-state index in [2.05, 4.69) is 5.32 Å². The van der Waals surface area contributed by atoms with Crippen LogP contribution >= 0.6 is 11.3 Å². The summed E-state index contributed by atoms with van der Waals surface area (Å²) < 4.78 is 33.4. The monoisotopic (exact) mass is 430 g/mol. The molecule has 8 heteroatoms. The third-order valence-electron chi connectivity index (χ3n) is 5.04. The van der Waals surface area contributed by atoms with Crippen LogP contribution in [-0.2, 0) is 34.2 Å². The molecule has 3 aromatic rings. The summed E-state index contributed by atoms with van der Waals surface area (Å²) in [5, 5.41) is 4.69. The fourth-order valence-electron chi connectivity index (χ4n) is 3.62. The molecule has 0 radical (unpaired) electrons. The third kappa shape index (κ3) is 4.14. The van der Waals surface area contributed by atoms with Gasteiger partial charge in [-0.15, -0.1) is 11.3 Å². The zero-order chi connectivity index (χ0) is 20.4. The second-order valence-corrected chi connectivity index (χ2v) is 10.2. The fourth-order valence-corrected chi connectivity index (χ4v) is 6.31. The van der Waals surface area contributed by atoms with Crippen molar-refractivity contribution in [3.8, 4) is 0 Å². The molecule has 1 aliphatic heterocycles. The van der Waals surface area contributed by atoms with E-state index in [-0.39, 0.29) is 22.7 Å². The maximum Gasteiger partial charge on any atom is 0.253 e. The molecule has 29 heavy (non-hydrogen) atoms. The van der Waals surface area contributed by atoms with E-state index in [1.54, 1.807) is 29.8 Å². The molecule has 0 aliphatic carbocycles. The van der Waals surface area contributed by atoms with Gasteiger partial charge in [-0.05, 0) is 48.1 Å². The number of amides is 1. The van der Waals surface area contributed by atoms with E-state index in [1.807, 2.05) is 37.3 Å². The lowest BCUT2D eigenvalue weighted by molar-refractivity contribution is -0.125. The van der Waals surface area contributed by atoms with Gasteiger partial charge in [-0.1, -0.05) is 30.3 Å². The van der Waals surface area contributed by atoms with E-state index in [9.17, 15) is 13.2 Å². The van der Waals surface area contributed by atoms with Gasteiger partial charge in [0, 0.05) is 19.0 Å². The van der Waals surface area contributed by atoms with Crippen LogP contribution < -0.4 is 5.32 Å². The number of carbonyl (C=O) groups is 1. The molecule has 3 heterocycles. The van der Waals surface area contributed by atoms with E-state index in [1.165, 1.54) is 4.31 Å². The van der Waals surface area contributed by atoms with Gasteiger partial charge in [-0.25, -0.2) is 8.42 Å². The van der Waals surface area contributed by atoms with Gasteiger partial charge in [-0.2, -0.15) is 4.31 Å². The Kier molecular flexibility index (Phi) is 5.58. The number of rotatable bonds is 6. The molecule has 1 amide bonds. The van der Waals surface area contributed by atoms with E-state index >= 15 is 0 Å². The average molecular weight is 431 g/mol. The summed E-state index contributed by atoms with van der Waals surface area (Å²) in [7, 11) is -3.77. The predicted octanol–water partition coefficient (Wildman–Crippen LogP) is 3.20. The van der Waals surface area contributed by atoms with Crippen LogP contribution in [0, 0.1) is 0 Å². The van der Waals surface area contributed by atoms with Crippen LogP contribution in [0.1, 0.15) is 23.8 Å². The van der Waals surface area contributed by atoms with Gasteiger partial charge >= 0.3 is 0 Å². The van der Waals surface area contributed by atoms with Gasteiger partial charge in [0.2, 0.25) is 5.91 Å². The van der Waals surface area contributed by atoms with Crippen LogP contribution in [0.25, 0.3) is 0 Å². The number of hydrogen-bond acceptors (Lipinski definition) is 5. The molecule has 0 spiro atoms. The lowest BCUT2D eigenvalue weighted by atomic mass is 9.95. The number of thiophene rings is 1. The quantitative estimate of drug-likeness (QED) is 0.651. The number of fused-ring (bicyclic) bond motifs is 1. The molecule has 1 N–H and O–H groups in total. The minimum absolute atomic E-state index is 0.182. The van der Waals surface area contributed by atoms with Crippen molar-refractivity contribution in [2.24, 2.45) is 0 Å². The first-order valence-electron chi connectivity index (χ1n) is 9.40. The van der Waals surface area contributed by atoms with Crippen LogP contribution in [0.4, 0.5) is 0 Å². The molecule has 2 aromatic heterocycles. The maximum atomic E-state index is 13.3. The summed E-state index contributed by atoms with van der Waals surface area (Å²) in [6, 6.07) is 13.6. The van der Waals surface area contributed by atoms with Gasteiger partial charge < -0.3 is 9.73 Å². The molecule has 1 aliphatic rings. The minimum Gasteiger partial charge on any atom is -0.469 e. The van der Waals surface area contributed by atoms with Crippen molar-refractivity contribution in [3.05, 3.63) is 77.1 Å². The number of nitrogens with zero attached hydrogens (tertiary/aromatic N) is 1. The Morgan fingerprint density at radius 1 is 1.21 bits per heavy atom. The SMILES string of the molecule is CC(Cc1ccco1)NC(=O)[C@@H]1Cc2ccccc2CN1S(=O)(=O)c1cccs1. The van der Waals surface area contributed by atoms with E-state index in [0.29, 0.717) is 12.8 Å². The summed E-state index contributed by atoms with van der Waals surface area (Å²) in [6.45, 7) is 2.07. The second-order valence-electron chi connectivity index (χ2n) is 7.16. The zero-order valence-electron chi connectivity index (χ0n) is 15.9. The van der Waals surface area contributed by atoms with Crippen LogP contribution in [-0.4, -0.2) is 30.7 Å². The molecule has 6 nitrogen and oxygen atoms in total. The number of sulfonamides is 1. The highest BCUT2D eigenvalue weighted by atomic mass is 32.2.